The Morgan fingerprint density at radius 2 is 1.89 bits per heavy atom. The highest BCUT2D eigenvalue weighted by molar-refractivity contribution is 4.99. The molecule has 2 unspecified atom stereocenters. The largest absolute Gasteiger partial charge is 0.373 e. The van der Waals surface area contributed by atoms with E-state index in [0.717, 1.165) is 31.5 Å². The lowest BCUT2D eigenvalue weighted by Crippen LogP contribution is -2.62. The van der Waals surface area contributed by atoms with E-state index in [1.807, 2.05) is 0 Å². The summed E-state index contributed by atoms with van der Waals surface area (Å²) in [7, 11) is 0. The SMILES string of the molecule is CC(C)C1CCCC(CN)(N2C[C@@H](C)O[C@@H](C)C2)C1. The van der Waals surface area contributed by atoms with Gasteiger partial charge < -0.3 is 10.5 Å². The molecule has 1 saturated heterocycles. The number of morpholine rings is 1. The van der Waals surface area contributed by atoms with Crippen LogP contribution in [-0.4, -0.2) is 42.3 Å². The molecule has 1 aliphatic heterocycles. The maximum absolute atomic E-state index is 6.24. The molecule has 0 aromatic heterocycles. The molecule has 1 aliphatic carbocycles. The number of ether oxygens (including phenoxy) is 1. The molecular formula is C16H32N2O. The summed E-state index contributed by atoms with van der Waals surface area (Å²) in [6.07, 6.45) is 5.94. The van der Waals surface area contributed by atoms with Crippen LogP contribution in [0.1, 0.15) is 53.4 Å². The minimum atomic E-state index is 0.236. The molecule has 2 rings (SSSR count). The van der Waals surface area contributed by atoms with Gasteiger partial charge in [0.05, 0.1) is 12.2 Å². The Morgan fingerprint density at radius 1 is 1.26 bits per heavy atom. The number of nitrogens with zero attached hydrogens (tertiary/aromatic N) is 1. The molecule has 2 fully saturated rings. The Hall–Kier alpha value is -0.120. The van der Waals surface area contributed by atoms with E-state index in [-0.39, 0.29) is 5.54 Å². The number of hydrogen-bond donors (Lipinski definition) is 1. The fraction of sp³-hybridized carbons (Fsp3) is 1.00. The van der Waals surface area contributed by atoms with Gasteiger partial charge in [-0.1, -0.05) is 26.7 Å². The molecule has 4 atom stereocenters. The highest BCUT2D eigenvalue weighted by Gasteiger charge is 2.43. The molecule has 0 aromatic carbocycles. The lowest BCUT2D eigenvalue weighted by atomic mass is 9.70. The van der Waals surface area contributed by atoms with E-state index < -0.39 is 0 Å². The van der Waals surface area contributed by atoms with E-state index in [4.69, 9.17) is 10.5 Å². The van der Waals surface area contributed by atoms with E-state index in [1.165, 1.54) is 25.7 Å². The van der Waals surface area contributed by atoms with E-state index in [9.17, 15) is 0 Å². The Bertz CT molecular complexity index is 284. The van der Waals surface area contributed by atoms with Crippen LogP contribution in [0.3, 0.4) is 0 Å². The van der Waals surface area contributed by atoms with Crippen LogP contribution in [0.5, 0.6) is 0 Å². The van der Waals surface area contributed by atoms with Crippen molar-refractivity contribution in [3.63, 3.8) is 0 Å². The summed E-state index contributed by atoms with van der Waals surface area (Å²) in [6, 6.07) is 0. The van der Waals surface area contributed by atoms with Crippen LogP contribution in [0.4, 0.5) is 0 Å². The van der Waals surface area contributed by atoms with Crippen molar-refractivity contribution in [2.45, 2.75) is 71.1 Å². The molecule has 3 heteroatoms. The van der Waals surface area contributed by atoms with Crippen LogP contribution in [0.15, 0.2) is 0 Å². The third kappa shape index (κ3) is 3.32. The molecule has 2 N–H and O–H groups in total. The fourth-order valence-corrected chi connectivity index (χ4v) is 4.12. The maximum Gasteiger partial charge on any atom is 0.0678 e. The van der Waals surface area contributed by atoms with Crippen LogP contribution in [0.2, 0.25) is 0 Å². The van der Waals surface area contributed by atoms with Crippen molar-refractivity contribution in [1.29, 1.82) is 0 Å². The summed E-state index contributed by atoms with van der Waals surface area (Å²) in [5, 5.41) is 0. The number of hydrogen-bond acceptors (Lipinski definition) is 3. The van der Waals surface area contributed by atoms with E-state index >= 15 is 0 Å². The van der Waals surface area contributed by atoms with Gasteiger partial charge in [0.2, 0.25) is 0 Å². The second-order valence-electron chi connectivity index (χ2n) is 7.19. The van der Waals surface area contributed by atoms with Gasteiger partial charge in [-0.15, -0.1) is 0 Å². The van der Waals surface area contributed by atoms with Crippen molar-refractivity contribution in [2.24, 2.45) is 17.6 Å². The average molecular weight is 268 g/mol. The minimum Gasteiger partial charge on any atom is -0.373 e. The zero-order valence-corrected chi connectivity index (χ0v) is 13.2. The summed E-state index contributed by atoms with van der Waals surface area (Å²) in [5.41, 5.74) is 6.48. The normalized spacial score (nSPS) is 41.7. The van der Waals surface area contributed by atoms with Gasteiger partial charge in [0, 0.05) is 25.2 Å². The molecule has 0 spiro atoms. The summed E-state index contributed by atoms with van der Waals surface area (Å²) in [6.45, 7) is 12.0. The fourth-order valence-electron chi connectivity index (χ4n) is 4.12. The first-order chi connectivity index (χ1) is 8.97. The van der Waals surface area contributed by atoms with Crippen molar-refractivity contribution in [2.75, 3.05) is 19.6 Å². The summed E-state index contributed by atoms with van der Waals surface area (Å²) < 4.78 is 5.89. The van der Waals surface area contributed by atoms with E-state index in [0.29, 0.717) is 12.2 Å². The molecule has 112 valence electrons. The predicted octanol–water partition coefficient (Wildman–Crippen LogP) is 2.64. The third-order valence-electron chi connectivity index (χ3n) is 5.27. The zero-order valence-electron chi connectivity index (χ0n) is 13.2. The van der Waals surface area contributed by atoms with Gasteiger partial charge >= 0.3 is 0 Å². The Morgan fingerprint density at radius 3 is 2.42 bits per heavy atom. The summed E-state index contributed by atoms with van der Waals surface area (Å²) in [4.78, 5) is 2.65. The molecule has 2 aliphatic rings. The van der Waals surface area contributed by atoms with Gasteiger partial charge in [-0.25, -0.2) is 0 Å². The van der Waals surface area contributed by atoms with Crippen LogP contribution in [0.25, 0.3) is 0 Å². The smallest absolute Gasteiger partial charge is 0.0678 e. The van der Waals surface area contributed by atoms with Gasteiger partial charge in [0.15, 0.2) is 0 Å². The first-order valence-electron chi connectivity index (χ1n) is 8.07. The highest BCUT2D eigenvalue weighted by atomic mass is 16.5. The monoisotopic (exact) mass is 268 g/mol. The lowest BCUT2D eigenvalue weighted by molar-refractivity contribution is -0.113. The van der Waals surface area contributed by atoms with Crippen molar-refractivity contribution in [3.05, 3.63) is 0 Å². The third-order valence-corrected chi connectivity index (χ3v) is 5.27. The molecule has 0 bridgehead atoms. The Labute approximate surface area is 118 Å². The molecule has 1 saturated carbocycles. The zero-order chi connectivity index (χ0) is 14.0. The van der Waals surface area contributed by atoms with Crippen molar-refractivity contribution in [1.82, 2.24) is 4.90 Å². The maximum atomic E-state index is 6.24. The average Bonchev–Trinajstić information content (AvgIpc) is 2.37. The first-order valence-corrected chi connectivity index (χ1v) is 8.07. The van der Waals surface area contributed by atoms with Crippen molar-refractivity contribution in [3.8, 4) is 0 Å². The van der Waals surface area contributed by atoms with Crippen LogP contribution in [-0.2, 0) is 4.74 Å². The second kappa shape index (κ2) is 6.11. The molecule has 0 amide bonds. The van der Waals surface area contributed by atoms with Gasteiger partial charge in [-0.05, 0) is 38.5 Å². The van der Waals surface area contributed by atoms with Crippen molar-refractivity contribution < 1.29 is 4.74 Å². The van der Waals surface area contributed by atoms with Crippen LogP contribution in [0, 0.1) is 11.8 Å². The lowest BCUT2D eigenvalue weighted by Gasteiger charge is -2.52. The van der Waals surface area contributed by atoms with Gasteiger partial charge in [-0.2, -0.15) is 0 Å². The van der Waals surface area contributed by atoms with E-state index in [2.05, 4.69) is 32.6 Å². The highest BCUT2D eigenvalue weighted by Crippen LogP contribution is 2.40. The predicted molar refractivity (Wildman–Crippen MR) is 80.2 cm³/mol. The first kappa shape index (κ1) is 15.3. The number of nitrogens with two attached hydrogens (primary N) is 1. The second-order valence-corrected chi connectivity index (χ2v) is 7.19. The van der Waals surface area contributed by atoms with E-state index in [1.54, 1.807) is 0 Å². The Kier molecular flexibility index (Phi) is 4.91. The van der Waals surface area contributed by atoms with Crippen molar-refractivity contribution >= 4 is 0 Å². The van der Waals surface area contributed by atoms with Crippen LogP contribution >= 0.6 is 0 Å². The standard InChI is InChI=1S/C16H32N2O/c1-12(2)15-6-5-7-16(8-15,11-17)18-9-13(3)19-14(4)10-18/h12-15H,5-11,17H2,1-4H3/t13-,14+,15?,16?. The quantitative estimate of drug-likeness (QED) is 0.855. The molecule has 0 radical (unpaired) electrons. The van der Waals surface area contributed by atoms with Crippen LogP contribution < -0.4 is 5.73 Å². The van der Waals surface area contributed by atoms with Gasteiger partial charge in [0.25, 0.3) is 0 Å². The van der Waals surface area contributed by atoms with Gasteiger partial charge in [-0.3, -0.25) is 4.90 Å². The topological polar surface area (TPSA) is 38.5 Å². The minimum absolute atomic E-state index is 0.236. The molecule has 3 nitrogen and oxygen atoms in total. The molecule has 1 heterocycles. The molecule has 19 heavy (non-hydrogen) atoms. The summed E-state index contributed by atoms with van der Waals surface area (Å²) in [5.74, 6) is 1.62. The number of rotatable bonds is 3. The Balaban J connectivity index is 2.12. The molecule has 0 aromatic rings. The molecular weight excluding hydrogens is 236 g/mol. The van der Waals surface area contributed by atoms with Gasteiger partial charge in [0.1, 0.15) is 0 Å². The summed E-state index contributed by atoms with van der Waals surface area (Å²) >= 11 is 0.